The van der Waals surface area contributed by atoms with Crippen LogP contribution in [0.5, 0.6) is 0 Å². The van der Waals surface area contributed by atoms with Crippen LogP contribution in [0.15, 0.2) is 0 Å². The molecular formula is C2HNNa2O7. The molecule has 0 heterocycles. The van der Waals surface area contributed by atoms with E-state index in [0.29, 0.717) is 0 Å². The maximum absolute atomic E-state index is 9.04. The molecule has 0 fully saturated rings. The molecule has 0 aliphatic carbocycles. The molecule has 0 bridgehead atoms. The molecule has 0 unspecified atom stereocenters. The van der Waals surface area contributed by atoms with Crippen LogP contribution in [0, 0.1) is 15.3 Å². The van der Waals surface area contributed by atoms with Gasteiger partial charge >= 0.3 is 65.1 Å². The Morgan fingerprint density at radius 3 is 1.25 bits per heavy atom. The quantitative estimate of drug-likeness (QED) is 0.175. The van der Waals surface area contributed by atoms with E-state index in [0.717, 1.165) is 0 Å². The van der Waals surface area contributed by atoms with Crippen LogP contribution in [0.2, 0.25) is 0 Å². The maximum atomic E-state index is 9.04. The number of carboxylic acid groups (broad SMARTS) is 2. The molecule has 0 aromatic rings. The van der Waals surface area contributed by atoms with Crippen molar-refractivity contribution in [3.8, 4) is 0 Å². The van der Waals surface area contributed by atoms with Gasteiger partial charge in [-0.05, 0) is 0 Å². The van der Waals surface area contributed by atoms with Gasteiger partial charge in [-0.25, -0.2) is 4.79 Å². The summed E-state index contributed by atoms with van der Waals surface area (Å²) in [4.78, 5) is 26.3. The van der Waals surface area contributed by atoms with E-state index in [9.17, 15) is 0 Å². The molecule has 12 heavy (non-hydrogen) atoms. The Kier molecular flexibility index (Phi) is 26.0. The van der Waals surface area contributed by atoms with Crippen molar-refractivity contribution >= 4 is 11.9 Å². The van der Waals surface area contributed by atoms with Gasteiger partial charge in [-0.15, -0.1) is 0 Å². The van der Waals surface area contributed by atoms with Crippen molar-refractivity contribution in [3.63, 3.8) is 0 Å². The minimum Gasteiger partial charge on any atom is -0.539 e. The molecule has 1 N–H and O–H groups in total. The summed E-state index contributed by atoms with van der Waals surface area (Å²) in [6, 6.07) is 0. The van der Waals surface area contributed by atoms with Gasteiger partial charge in [0.1, 0.15) is 0 Å². The Hall–Kier alpha value is 0.140. The zero-order chi connectivity index (χ0) is 8.73. The van der Waals surface area contributed by atoms with Crippen molar-refractivity contribution in [1.82, 2.24) is 0 Å². The predicted octanol–water partition coefficient (Wildman–Crippen LogP) is -8.41. The minimum absolute atomic E-state index is 0. The van der Waals surface area contributed by atoms with Crippen LogP contribution in [0.3, 0.4) is 0 Å². The zero-order valence-electron chi connectivity index (χ0n) is 6.34. The average Bonchev–Trinajstić information content (AvgIpc) is 1.63. The molecule has 0 aliphatic heterocycles. The van der Waals surface area contributed by atoms with Crippen LogP contribution in [-0.4, -0.2) is 22.1 Å². The summed E-state index contributed by atoms with van der Waals surface area (Å²) >= 11 is 0. The molecule has 0 aromatic carbocycles. The van der Waals surface area contributed by atoms with Crippen molar-refractivity contribution in [2.75, 3.05) is 0 Å². The second-order valence-electron chi connectivity index (χ2n) is 0.816. The fourth-order valence-electron chi connectivity index (χ4n) is 0. The molecular weight excluding hydrogens is 196 g/mol. The molecule has 0 amide bonds. The Balaban J connectivity index is -0.0000000483. The van der Waals surface area contributed by atoms with E-state index in [-0.39, 0.29) is 59.1 Å². The van der Waals surface area contributed by atoms with E-state index < -0.39 is 17.0 Å². The van der Waals surface area contributed by atoms with Gasteiger partial charge in [0.2, 0.25) is 0 Å². The number of nitrogens with zero attached hydrogens (tertiary/aromatic N) is 1. The Morgan fingerprint density at radius 1 is 1.17 bits per heavy atom. The van der Waals surface area contributed by atoms with Gasteiger partial charge in [0.05, 0.1) is 5.09 Å². The van der Waals surface area contributed by atoms with Crippen molar-refractivity contribution in [2.24, 2.45) is 0 Å². The first-order valence-corrected chi connectivity index (χ1v) is 1.63. The summed E-state index contributed by atoms with van der Waals surface area (Å²) in [5.41, 5.74) is 0. The molecule has 0 saturated heterocycles. The summed E-state index contributed by atoms with van der Waals surface area (Å²) < 4.78 is 0. The van der Waals surface area contributed by atoms with E-state index in [1.165, 1.54) is 0 Å². The summed E-state index contributed by atoms with van der Waals surface area (Å²) in [5.74, 6) is -4.01. The van der Waals surface area contributed by atoms with Gasteiger partial charge in [0.25, 0.3) is 0 Å². The number of carboxylic acids is 2. The number of carbonyl (C=O) groups excluding carboxylic acids is 1. The fourth-order valence-corrected chi connectivity index (χ4v) is 0. The van der Waals surface area contributed by atoms with Crippen molar-refractivity contribution in [3.05, 3.63) is 15.3 Å². The Bertz CT molecular complexity index is 141. The summed E-state index contributed by atoms with van der Waals surface area (Å²) in [6.45, 7) is 0. The zero-order valence-corrected chi connectivity index (χ0v) is 10.3. The maximum Gasteiger partial charge on any atom is 1.00 e. The monoisotopic (exact) mass is 197 g/mol. The first kappa shape index (κ1) is 22.7. The molecule has 8 nitrogen and oxygen atoms in total. The smallest absolute Gasteiger partial charge is 0.539 e. The van der Waals surface area contributed by atoms with Crippen LogP contribution in [0.25, 0.3) is 0 Å². The number of hydrogen-bond acceptors (Lipinski definition) is 6. The standard InChI is InChI=1S/C2H2O4.NO3.2Na/c3-1(4)2(5)6;2-1(3)4;;/h(H,3,4)(H,5,6);;;/q;-1;2*+1/p-1. The number of carbonyl (C=O) groups is 2. The van der Waals surface area contributed by atoms with Crippen molar-refractivity contribution in [1.29, 1.82) is 0 Å². The van der Waals surface area contributed by atoms with Gasteiger partial charge in [-0.2, -0.15) is 0 Å². The van der Waals surface area contributed by atoms with Crippen LogP contribution in [0.4, 0.5) is 0 Å². The molecule has 0 saturated carbocycles. The Labute approximate surface area is 110 Å². The molecule has 0 aromatic heterocycles. The third-order valence-electron chi connectivity index (χ3n) is 0.175. The molecule has 0 rings (SSSR count). The van der Waals surface area contributed by atoms with E-state index in [4.69, 9.17) is 35.1 Å². The molecule has 0 spiro atoms. The Morgan fingerprint density at radius 2 is 1.25 bits per heavy atom. The van der Waals surface area contributed by atoms with Gasteiger partial charge in [-0.3, -0.25) is 0 Å². The first-order valence-electron chi connectivity index (χ1n) is 1.63. The average molecular weight is 197 g/mol. The predicted molar refractivity (Wildman–Crippen MR) is 23.0 cm³/mol. The van der Waals surface area contributed by atoms with Crippen molar-refractivity contribution < 1.29 is 84.0 Å². The van der Waals surface area contributed by atoms with E-state index in [1.54, 1.807) is 0 Å². The molecule has 0 radical (unpaired) electrons. The largest absolute Gasteiger partial charge is 1.00 e. The molecule has 58 valence electrons. The van der Waals surface area contributed by atoms with E-state index in [1.807, 2.05) is 0 Å². The summed E-state index contributed by atoms with van der Waals surface area (Å²) in [7, 11) is 0. The van der Waals surface area contributed by atoms with E-state index in [2.05, 4.69) is 0 Å². The normalized spacial score (nSPS) is 5.67. The topological polar surface area (TPSA) is 144 Å². The van der Waals surface area contributed by atoms with Crippen LogP contribution in [-0.2, 0) is 9.59 Å². The number of aliphatic carboxylic acids is 2. The summed E-state index contributed by atoms with van der Waals surface area (Å²) in [6.07, 6.45) is 0. The second-order valence-corrected chi connectivity index (χ2v) is 0.816. The molecule has 0 aliphatic rings. The van der Waals surface area contributed by atoms with Gasteiger partial charge in [-0.1, -0.05) is 0 Å². The first-order chi connectivity index (χ1) is 4.37. The third kappa shape index (κ3) is 49.4. The van der Waals surface area contributed by atoms with Gasteiger partial charge < -0.3 is 30.3 Å². The molecule has 0 atom stereocenters. The van der Waals surface area contributed by atoms with Crippen LogP contribution >= 0.6 is 0 Å². The van der Waals surface area contributed by atoms with Crippen molar-refractivity contribution in [2.45, 2.75) is 0 Å². The second kappa shape index (κ2) is 13.7. The summed E-state index contributed by atoms with van der Waals surface area (Å²) in [5, 5.41) is 31.1. The van der Waals surface area contributed by atoms with Crippen LogP contribution < -0.4 is 64.2 Å². The minimum atomic E-state index is -2.07. The third-order valence-corrected chi connectivity index (χ3v) is 0.175. The SMILES string of the molecule is O=C([O-])C(=O)O.O=[N+]([O-])[O-].[Na+].[Na+]. The molecule has 10 heteroatoms. The number of hydrogen-bond donors (Lipinski definition) is 1. The van der Waals surface area contributed by atoms with Gasteiger partial charge in [0.15, 0.2) is 5.97 Å². The van der Waals surface area contributed by atoms with E-state index >= 15 is 0 Å². The van der Waals surface area contributed by atoms with Crippen LogP contribution in [0.1, 0.15) is 0 Å². The number of rotatable bonds is 0. The fraction of sp³-hybridized carbons (Fsp3) is 0. The van der Waals surface area contributed by atoms with Gasteiger partial charge in [0, 0.05) is 0 Å².